The summed E-state index contributed by atoms with van der Waals surface area (Å²) in [7, 11) is 8.38. The molecule has 10 nitrogen and oxygen atoms in total. The Labute approximate surface area is 279 Å². The summed E-state index contributed by atoms with van der Waals surface area (Å²) in [5.41, 5.74) is 4.40. The van der Waals surface area contributed by atoms with E-state index in [4.69, 9.17) is 25.8 Å². The SMILES string of the molecule is COc1cc(C(C(=O)Nc2ccc(N(C)C)cc2)N(Cc2ccc(Cl)cc2)C(=O)CSc2nc(C)cc(C)n2)cc(OC)c1OC. The zero-order valence-electron chi connectivity index (χ0n) is 27.0. The summed E-state index contributed by atoms with van der Waals surface area (Å²) in [6.07, 6.45) is 0. The molecule has 1 heterocycles. The third-order valence-electron chi connectivity index (χ3n) is 7.09. The van der Waals surface area contributed by atoms with Crippen molar-refractivity contribution in [3.8, 4) is 17.2 Å². The number of methoxy groups -OCH3 is 3. The third-order valence-corrected chi connectivity index (χ3v) is 8.17. The highest BCUT2D eigenvalue weighted by Gasteiger charge is 2.34. The molecule has 1 N–H and O–H groups in total. The van der Waals surface area contributed by atoms with E-state index in [2.05, 4.69) is 15.3 Å². The number of amides is 2. The Morgan fingerprint density at radius 1 is 0.870 bits per heavy atom. The number of nitrogens with one attached hydrogen (secondary N) is 1. The molecule has 2 amide bonds. The molecule has 1 aromatic heterocycles. The van der Waals surface area contributed by atoms with E-state index in [9.17, 15) is 9.59 Å². The van der Waals surface area contributed by atoms with E-state index in [1.54, 1.807) is 24.3 Å². The first kappa shape index (κ1) is 34.4. The first-order chi connectivity index (χ1) is 22.0. The smallest absolute Gasteiger partial charge is 0.251 e. The van der Waals surface area contributed by atoms with E-state index >= 15 is 0 Å². The normalized spacial score (nSPS) is 11.4. The van der Waals surface area contributed by atoms with E-state index in [0.717, 1.165) is 22.6 Å². The summed E-state index contributed by atoms with van der Waals surface area (Å²) in [6.45, 7) is 3.87. The van der Waals surface area contributed by atoms with Crippen LogP contribution in [0.3, 0.4) is 0 Å². The molecule has 0 fully saturated rings. The van der Waals surface area contributed by atoms with Gasteiger partial charge in [-0.3, -0.25) is 9.59 Å². The fourth-order valence-corrected chi connectivity index (χ4v) is 5.82. The number of halogens is 1. The fourth-order valence-electron chi connectivity index (χ4n) is 4.86. The molecule has 4 aromatic rings. The number of carbonyl (C=O) groups excluding carboxylic acids is 2. The van der Waals surface area contributed by atoms with Gasteiger partial charge in [-0.05, 0) is 79.6 Å². The van der Waals surface area contributed by atoms with Gasteiger partial charge in [0.1, 0.15) is 6.04 Å². The number of aromatic nitrogens is 2. The lowest BCUT2D eigenvalue weighted by molar-refractivity contribution is -0.137. The van der Waals surface area contributed by atoms with Crippen molar-refractivity contribution in [2.24, 2.45) is 0 Å². The van der Waals surface area contributed by atoms with Crippen LogP contribution < -0.4 is 24.4 Å². The van der Waals surface area contributed by atoms with Gasteiger partial charge in [-0.1, -0.05) is 35.5 Å². The first-order valence-corrected chi connectivity index (χ1v) is 15.8. The molecule has 0 radical (unpaired) electrons. The van der Waals surface area contributed by atoms with Crippen LogP contribution >= 0.6 is 23.4 Å². The van der Waals surface area contributed by atoms with Crippen molar-refractivity contribution >= 4 is 46.6 Å². The average molecular weight is 664 g/mol. The van der Waals surface area contributed by atoms with Crippen molar-refractivity contribution in [3.05, 3.63) is 94.3 Å². The lowest BCUT2D eigenvalue weighted by Crippen LogP contribution is -2.42. The largest absolute Gasteiger partial charge is 0.493 e. The summed E-state index contributed by atoms with van der Waals surface area (Å²) in [5.74, 6) is 0.317. The maximum absolute atomic E-state index is 14.4. The second-order valence-corrected chi connectivity index (χ2v) is 12.0. The van der Waals surface area contributed by atoms with Gasteiger partial charge in [0.05, 0.1) is 27.1 Å². The van der Waals surface area contributed by atoms with Crippen molar-refractivity contribution in [2.45, 2.75) is 31.6 Å². The Bertz CT molecular complexity index is 1620. The van der Waals surface area contributed by atoms with Gasteiger partial charge in [0.25, 0.3) is 5.91 Å². The number of nitrogens with zero attached hydrogens (tertiary/aromatic N) is 4. The third kappa shape index (κ3) is 8.61. The van der Waals surface area contributed by atoms with Crippen molar-refractivity contribution < 1.29 is 23.8 Å². The van der Waals surface area contributed by atoms with Gasteiger partial charge in [-0.25, -0.2) is 9.97 Å². The Morgan fingerprint density at radius 3 is 1.98 bits per heavy atom. The molecule has 1 unspecified atom stereocenters. The average Bonchev–Trinajstić information content (AvgIpc) is 3.03. The second-order valence-electron chi connectivity index (χ2n) is 10.7. The van der Waals surface area contributed by atoms with E-state index in [0.29, 0.717) is 38.7 Å². The maximum atomic E-state index is 14.4. The summed E-state index contributed by atoms with van der Waals surface area (Å²) >= 11 is 7.39. The zero-order valence-corrected chi connectivity index (χ0v) is 28.5. The number of aryl methyl sites for hydroxylation is 2. The molecule has 0 spiro atoms. The predicted octanol–water partition coefficient (Wildman–Crippen LogP) is 6.34. The van der Waals surface area contributed by atoms with Crippen molar-refractivity contribution in [3.63, 3.8) is 0 Å². The molecular formula is C34H38ClN5O5S. The second kappa shape index (κ2) is 15.7. The fraction of sp³-hybridized carbons (Fsp3) is 0.294. The van der Waals surface area contributed by atoms with Gasteiger partial charge in [0, 0.05) is 48.4 Å². The highest BCUT2D eigenvalue weighted by atomic mass is 35.5. The molecule has 0 aliphatic rings. The first-order valence-electron chi connectivity index (χ1n) is 14.4. The molecule has 3 aromatic carbocycles. The van der Waals surface area contributed by atoms with Crippen LogP contribution in [0, 0.1) is 13.8 Å². The van der Waals surface area contributed by atoms with Crippen LogP contribution in [0.4, 0.5) is 11.4 Å². The van der Waals surface area contributed by atoms with Gasteiger partial charge in [0.2, 0.25) is 11.7 Å². The van der Waals surface area contributed by atoms with E-state index in [-0.39, 0.29) is 18.2 Å². The maximum Gasteiger partial charge on any atom is 0.251 e. The summed E-state index contributed by atoms with van der Waals surface area (Å²) < 4.78 is 16.8. The molecule has 4 rings (SSSR count). The van der Waals surface area contributed by atoms with Crippen LogP contribution in [0.5, 0.6) is 17.2 Å². The van der Waals surface area contributed by atoms with E-state index in [1.165, 1.54) is 38.0 Å². The van der Waals surface area contributed by atoms with Gasteiger partial charge in [-0.2, -0.15) is 0 Å². The summed E-state index contributed by atoms with van der Waals surface area (Å²) in [4.78, 5) is 41.0. The van der Waals surface area contributed by atoms with Crippen LogP contribution in [-0.2, 0) is 16.1 Å². The Balaban J connectivity index is 1.81. The molecule has 0 aliphatic carbocycles. The number of anilines is 2. The lowest BCUT2D eigenvalue weighted by atomic mass is 10.0. The van der Waals surface area contributed by atoms with E-state index < -0.39 is 11.9 Å². The van der Waals surface area contributed by atoms with Gasteiger partial charge >= 0.3 is 0 Å². The van der Waals surface area contributed by atoms with Crippen LogP contribution in [0.2, 0.25) is 5.02 Å². The van der Waals surface area contributed by atoms with Crippen molar-refractivity contribution in [1.29, 1.82) is 0 Å². The van der Waals surface area contributed by atoms with E-state index in [1.807, 2.05) is 75.3 Å². The molecule has 46 heavy (non-hydrogen) atoms. The van der Waals surface area contributed by atoms with Gasteiger partial charge in [0.15, 0.2) is 16.7 Å². The predicted molar refractivity (Wildman–Crippen MR) is 182 cm³/mol. The molecule has 0 bridgehead atoms. The van der Waals surface area contributed by atoms with Crippen molar-refractivity contribution in [1.82, 2.24) is 14.9 Å². The molecule has 242 valence electrons. The molecule has 0 saturated carbocycles. The minimum absolute atomic E-state index is 0.0117. The molecule has 0 aliphatic heterocycles. The standard InChI is InChI=1S/C34H38ClN5O5S/c1-21-16-22(2)37-34(36-21)46-20-30(41)40(19-23-8-10-25(35)11-9-23)31(24-17-28(43-5)32(45-7)29(18-24)44-6)33(42)38-26-12-14-27(15-13-26)39(3)4/h8-18,31H,19-20H2,1-7H3,(H,38,42). The highest BCUT2D eigenvalue weighted by Crippen LogP contribution is 2.41. The number of ether oxygens (including phenoxy) is 3. The van der Waals surface area contributed by atoms with Gasteiger partial charge in [-0.15, -0.1) is 0 Å². The number of hydrogen-bond donors (Lipinski definition) is 1. The van der Waals surface area contributed by atoms with Crippen LogP contribution in [0.1, 0.15) is 28.6 Å². The molecular weight excluding hydrogens is 626 g/mol. The Hall–Kier alpha value is -4.48. The number of carbonyl (C=O) groups is 2. The Kier molecular flexibility index (Phi) is 11.7. The van der Waals surface area contributed by atoms with Crippen molar-refractivity contribution in [2.75, 3.05) is 51.4 Å². The lowest BCUT2D eigenvalue weighted by Gasteiger charge is -2.32. The number of hydrogen-bond acceptors (Lipinski definition) is 9. The van der Waals surface area contributed by atoms with Gasteiger partial charge < -0.3 is 29.3 Å². The van der Waals surface area contributed by atoms with Crippen LogP contribution in [0.15, 0.2) is 71.9 Å². The Morgan fingerprint density at radius 2 is 1.46 bits per heavy atom. The highest BCUT2D eigenvalue weighted by molar-refractivity contribution is 7.99. The summed E-state index contributed by atoms with van der Waals surface area (Å²) in [5, 5.41) is 4.05. The monoisotopic (exact) mass is 663 g/mol. The molecule has 12 heteroatoms. The quantitative estimate of drug-likeness (QED) is 0.130. The number of thioether (sulfide) groups is 1. The molecule has 1 atom stereocenters. The van der Waals surface area contributed by atoms with Crippen LogP contribution in [0.25, 0.3) is 0 Å². The zero-order chi connectivity index (χ0) is 33.4. The number of benzene rings is 3. The van der Waals surface area contributed by atoms with Crippen LogP contribution in [-0.4, -0.2) is 67.9 Å². The minimum Gasteiger partial charge on any atom is -0.493 e. The number of rotatable bonds is 13. The minimum atomic E-state index is -1.11. The summed E-state index contributed by atoms with van der Waals surface area (Å²) in [6, 6.07) is 18.7. The topological polar surface area (TPSA) is 106 Å². The molecule has 0 saturated heterocycles.